The monoisotopic (exact) mass is 418 g/mol. The van der Waals surface area contributed by atoms with Crippen molar-refractivity contribution in [3.63, 3.8) is 0 Å². The second-order valence-electron chi connectivity index (χ2n) is 6.46. The molecule has 0 atom stereocenters. The van der Waals surface area contributed by atoms with Crippen molar-refractivity contribution >= 4 is 29.3 Å². The van der Waals surface area contributed by atoms with E-state index in [1.165, 1.54) is 28.8 Å². The van der Waals surface area contributed by atoms with E-state index in [4.69, 9.17) is 17.0 Å². The van der Waals surface area contributed by atoms with Gasteiger partial charge in [0.05, 0.1) is 5.69 Å². The average molecular weight is 419 g/mol. The van der Waals surface area contributed by atoms with Crippen LogP contribution in [-0.2, 0) is 0 Å². The Morgan fingerprint density at radius 1 is 0.967 bits per heavy atom. The molecule has 4 rings (SSSR count). The predicted molar refractivity (Wildman–Crippen MR) is 118 cm³/mol. The zero-order valence-electron chi connectivity index (χ0n) is 15.6. The summed E-state index contributed by atoms with van der Waals surface area (Å²) in [7, 11) is 0. The van der Waals surface area contributed by atoms with Crippen molar-refractivity contribution in [1.82, 2.24) is 9.55 Å². The maximum absolute atomic E-state index is 13.5. The number of anilines is 2. The van der Waals surface area contributed by atoms with Crippen LogP contribution in [0.1, 0.15) is 5.56 Å². The van der Waals surface area contributed by atoms with E-state index < -0.39 is 11.4 Å². The summed E-state index contributed by atoms with van der Waals surface area (Å²) in [5.74, 6) is 0.180. The molecule has 1 aromatic heterocycles. The van der Waals surface area contributed by atoms with Gasteiger partial charge in [0.15, 0.2) is 0 Å². The molecule has 0 radical (unpaired) electrons. The first kappa shape index (κ1) is 19.5. The summed E-state index contributed by atoms with van der Waals surface area (Å²) < 4.78 is 14.8. The molecule has 0 bridgehead atoms. The topological polar surface area (TPSA) is 70.8 Å². The summed E-state index contributed by atoms with van der Waals surface area (Å²) in [4.78, 5) is 18.0. The first-order chi connectivity index (χ1) is 14.6. The number of rotatable bonds is 5. The fourth-order valence-corrected chi connectivity index (χ4v) is 3.17. The lowest BCUT2D eigenvalue weighted by Crippen LogP contribution is -2.26. The lowest BCUT2D eigenvalue weighted by atomic mass is 10.1. The average Bonchev–Trinajstić information content (AvgIpc) is 2.76. The number of aromatic nitrogens is 2. The van der Waals surface area contributed by atoms with Gasteiger partial charge < -0.3 is 10.7 Å². The molecule has 0 fully saturated rings. The number of para-hydroxylation sites is 1. The molecule has 0 aliphatic heterocycles. The van der Waals surface area contributed by atoms with Crippen LogP contribution in [-0.4, -0.2) is 15.8 Å². The second kappa shape index (κ2) is 8.31. The number of nitrogens with one attached hydrogen (secondary N) is 2. The molecule has 5 nitrogen and oxygen atoms in total. The fourth-order valence-electron chi connectivity index (χ4n) is 3.04. The first-order valence-electron chi connectivity index (χ1n) is 9.08. The van der Waals surface area contributed by atoms with Crippen molar-refractivity contribution in [1.29, 1.82) is 5.41 Å². The summed E-state index contributed by atoms with van der Waals surface area (Å²) >= 11 is 6.02. The van der Waals surface area contributed by atoms with Crippen LogP contribution >= 0.6 is 11.6 Å². The van der Waals surface area contributed by atoms with Gasteiger partial charge in [-0.25, -0.2) is 9.37 Å². The van der Waals surface area contributed by atoms with Crippen molar-refractivity contribution < 1.29 is 4.39 Å². The Morgan fingerprint density at radius 2 is 1.63 bits per heavy atom. The molecule has 148 valence electrons. The molecule has 0 unspecified atom stereocenters. The smallest absolute Gasteiger partial charge is 0.269 e. The van der Waals surface area contributed by atoms with Gasteiger partial charge in [0.2, 0.25) is 0 Å². The van der Waals surface area contributed by atoms with E-state index >= 15 is 0 Å². The van der Waals surface area contributed by atoms with E-state index in [-0.39, 0.29) is 11.4 Å². The lowest BCUT2D eigenvalue weighted by Gasteiger charge is -2.17. The van der Waals surface area contributed by atoms with E-state index in [1.807, 2.05) is 30.3 Å². The molecule has 0 aliphatic rings. The largest absolute Gasteiger partial charge is 0.339 e. The highest BCUT2D eigenvalue weighted by atomic mass is 35.5. The van der Waals surface area contributed by atoms with E-state index in [9.17, 15) is 9.18 Å². The van der Waals surface area contributed by atoms with Crippen molar-refractivity contribution in [2.24, 2.45) is 0 Å². The molecule has 3 aromatic carbocycles. The number of halogens is 2. The minimum atomic E-state index is -0.449. The van der Waals surface area contributed by atoms with Crippen LogP contribution in [0, 0.1) is 11.2 Å². The van der Waals surface area contributed by atoms with Crippen molar-refractivity contribution in [3.05, 3.63) is 106 Å². The Labute approximate surface area is 176 Å². The molecule has 0 amide bonds. The lowest BCUT2D eigenvalue weighted by molar-refractivity contribution is 0.627. The van der Waals surface area contributed by atoms with Gasteiger partial charge in [0.25, 0.3) is 5.56 Å². The minimum Gasteiger partial charge on any atom is -0.339 e. The molecule has 0 spiro atoms. The van der Waals surface area contributed by atoms with Gasteiger partial charge in [-0.1, -0.05) is 29.8 Å². The number of hydrogen-bond donors (Lipinski definition) is 2. The van der Waals surface area contributed by atoms with Crippen molar-refractivity contribution in [2.75, 3.05) is 5.32 Å². The third kappa shape index (κ3) is 3.86. The highest BCUT2D eigenvalue weighted by Crippen LogP contribution is 2.25. The highest BCUT2D eigenvalue weighted by molar-refractivity contribution is 6.30. The first-order valence-corrected chi connectivity index (χ1v) is 9.46. The number of benzene rings is 3. The van der Waals surface area contributed by atoms with Crippen LogP contribution in [0.5, 0.6) is 0 Å². The van der Waals surface area contributed by atoms with Gasteiger partial charge in [-0.05, 0) is 60.7 Å². The highest BCUT2D eigenvalue weighted by Gasteiger charge is 2.18. The van der Waals surface area contributed by atoms with Crippen LogP contribution in [0.2, 0.25) is 5.02 Å². The van der Waals surface area contributed by atoms with E-state index in [2.05, 4.69) is 10.3 Å². The molecule has 0 saturated heterocycles. The second-order valence-corrected chi connectivity index (χ2v) is 6.89. The van der Waals surface area contributed by atoms with Crippen LogP contribution in [0.3, 0.4) is 0 Å². The Balaban J connectivity index is 1.98. The SMILES string of the molecule is N=Cc1c(Nc2ccccc2)nc(-c2ccc(Cl)cc2)n(-c2ccc(F)cc2)c1=O. The fraction of sp³-hybridized carbons (Fsp3) is 0. The third-order valence-electron chi connectivity index (χ3n) is 4.49. The molecule has 1 heterocycles. The molecule has 4 aromatic rings. The van der Waals surface area contributed by atoms with Gasteiger partial charge in [-0.2, -0.15) is 0 Å². The third-order valence-corrected chi connectivity index (χ3v) is 4.74. The quantitative estimate of drug-likeness (QED) is 0.424. The van der Waals surface area contributed by atoms with Gasteiger partial charge in [0, 0.05) is 22.5 Å². The van der Waals surface area contributed by atoms with E-state index in [0.29, 0.717) is 22.1 Å². The van der Waals surface area contributed by atoms with E-state index in [0.717, 1.165) is 11.9 Å². The summed E-state index contributed by atoms with van der Waals surface area (Å²) in [6.07, 6.45) is 0.965. The summed E-state index contributed by atoms with van der Waals surface area (Å²) in [6, 6.07) is 21.7. The summed E-state index contributed by atoms with van der Waals surface area (Å²) in [5, 5.41) is 11.5. The summed E-state index contributed by atoms with van der Waals surface area (Å²) in [5.41, 5.74) is 1.45. The van der Waals surface area contributed by atoms with Crippen LogP contribution in [0.4, 0.5) is 15.9 Å². The Hall–Kier alpha value is -3.77. The number of hydrogen-bond acceptors (Lipinski definition) is 4. The maximum Gasteiger partial charge on any atom is 0.269 e. The Bertz CT molecular complexity index is 1250. The van der Waals surface area contributed by atoms with Crippen molar-refractivity contribution in [2.45, 2.75) is 0 Å². The molecular weight excluding hydrogens is 403 g/mol. The molecular formula is C23H16ClFN4O. The zero-order valence-corrected chi connectivity index (χ0v) is 16.4. The normalized spacial score (nSPS) is 10.6. The standard InChI is InChI=1S/C23H16ClFN4O/c24-16-8-6-15(7-9-16)22-28-21(27-18-4-2-1-3-5-18)20(14-26)23(30)29(22)19-12-10-17(25)11-13-19/h1-14,26-27H. The predicted octanol–water partition coefficient (Wildman–Crippen LogP) is 5.43. The number of nitrogens with zero attached hydrogens (tertiary/aromatic N) is 2. The van der Waals surface area contributed by atoms with Crippen LogP contribution in [0.25, 0.3) is 17.1 Å². The van der Waals surface area contributed by atoms with Crippen LogP contribution in [0.15, 0.2) is 83.7 Å². The zero-order chi connectivity index (χ0) is 21.1. The maximum atomic E-state index is 13.5. The van der Waals surface area contributed by atoms with Gasteiger partial charge >= 0.3 is 0 Å². The Kier molecular flexibility index (Phi) is 5.41. The minimum absolute atomic E-state index is 0.0842. The molecule has 0 saturated carbocycles. The van der Waals surface area contributed by atoms with E-state index in [1.54, 1.807) is 24.3 Å². The van der Waals surface area contributed by atoms with Gasteiger partial charge in [-0.3, -0.25) is 9.36 Å². The molecule has 30 heavy (non-hydrogen) atoms. The van der Waals surface area contributed by atoms with Crippen LogP contribution < -0.4 is 10.9 Å². The molecule has 0 aliphatic carbocycles. The summed E-state index contributed by atoms with van der Waals surface area (Å²) in [6.45, 7) is 0. The van der Waals surface area contributed by atoms with Gasteiger partial charge in [-0.15, -0.1) is 0 Å². The molecule has 7 heteroatoms. The van der Waals surface area contributed by atoms with Crippen molar-refractivity contribution in [3.8, 4) is 17.1 Å². The Morgan fingerprint density at radius 3 is 2.27 bits per heavy atom. The molecule has 2 N–H and O–H groups in total. The van der Waals surface area contributed by atoms with Gasteiger partial charge in [0.1, 0.15) is 23.0 Å².